The zero-order valence-corrected chi connectivity index (χ0v) is 16.9. The highest BCUT2D eigenvalue weighted by molar-refractivity contribution is 9.10. The third-order valence-corrected chi connectivity index (χ3v) is 6.20. The van der Waals surface area contributed by atoms with Crippen molar-refractivity contribution in [2.75, 3.05) is 18.6 Å². The molecule has 1 aromatic carbocycles. The number of hydrogen-bond donors (Lipinski definition) is 1. The van der Waals surface area contributed by atoms with Gasteiger partial charge in [-0.1, -0.05) is 6.07 Å². The summed E-state index contributed by atoms with van der Waals surface area (Å²) in [5.74, 6) is 0.532. The summed E-state index contributed by atoms with van der Waals surface area (Å²) in [4.78, 5) is 15.9. The average Bonchev–Trinajstić information content (AvgIpc) is 3.28. The van der Waals surface area contributed by atoms with Gasteiger partial charge in [0, 0.05) is 10.6 Å². The molecule has 0 amide bonds. The van der Waals surface area contributed by atoms with Crippen LogP contribution in [-0.4, -0.2) is 19.7 Å². The number of benzene rings is 1. The minimum Gasteiger partial charge on any atom is -0.496 e. The lowest BCUT2D eigenvalue weighted by atomic mass is 9.98. The number of hydrogen-bond acceptors (Lipinski definition) is 6. The summed E-state index contributed by atoms with van der Waals surface area (Å²) >= 11 is 5.26. The van der Waals surface area contributed by atoms with Crippen molar-refractivity contribution < 1.29 is 14.3 Å². The number of halogens is 1. The lowest BCUT2D eigenvalue weighted by molar-refractivity contribution is -0.139. The Labute approximate surface area is 164 Å². The fourth-order valence-electron chi connectivity index (χ4n) is 3.54. The number of carbonyl (C=O) groups excluding carboxylic acids is 1. The van der Waals surface area contributed by atoms with Gasteiger partial charge in [0.15, 0.2) is 0 Å². The van der Waals surface area contributed by atoms with Crippen molar-refractivity contribution in [1.82, 2.24) is 5.32 Å². The lowest BCUT2D eigenvalue weighted by Crippen LogP contribution is -2.31. The predicted molar refractivity (Wildman–Crippen MR) is 105 cm³/mol. The minimum absolute atomic E-state index is 0.108. The summed E-state index contributed by atoms with van der Waals surface area (Å²) in [6, 6.07) is 8.26. The van der Waals surface area contributed by atoms with Crippen molar-refractivity contribution in [1.29, 1.82) is 0 Å². The maximum atomic E-state index is 12.5. The number of esters is 1. The van der Waals surface area contributed by atoms with Crippen LogP contribution in [0.3, 0.4) is 0 Å². The SMILES string of the molecule is CCOC(=O)C1=C2CCc3cc(OC)c(Br)cc3N2C(c2cccs2)N1. The van der Waals surface area contributed by atoms with Crippen LogP contribution in [0.15, 0.2) is 45.5 Å². The van der Waals surface area contributed by atoms with E-state index in [-0.39, 0.29) is 12.1 Å². The normalized spacial score (nSPS) is 18.3. The first kappa shape index (κ1) is 17.4. The average molecular weight is 435 g/mol. The van der Waals surface area contributed by atoms with E-state index in [2.05, 4.69) is 44.3 Å². The van der Waals surface area contributed by atoms with E-state index in [9.17, 15) is 4.79 Å². The number of carbonyl (C=O) groups is 1. The van der Waals surface area contributed by atoms with Crippen LogP contribution in [0.5, 0.6) is 5.75 Å². The molecule has 1 aromatic heterocycles. The van der Waals surface area contributed by atoms with Gasteiger partial charge in [0.2, 0.25) is 0 Å². The molecule has 1 N–H and O–H groups in total. The number of anilines is 1. The summed E-state index contributed by atoms with van der Waals surface area (Å²) in [6.07, 6.45) is 1.52. The molecule has 0 bridgehead atoms. The van der Waals surface area contributed by atoms with Gasteiger partial charge < -0.3 is 19.7 Å². The second-order valence-corrected chi connectivity index (χ2v) is 7.92. The number of ether oxygens (including phenoxy) is 2. The first-order chi connectivity index (χ1) is 12.6. The highest BCUT2D eigenvalue weighted by atomic mass is 79.9. The molecular formula is C19H19BrN2O3S. The third-order valence-electron chi connectivity index (χ3n) is 4.65. The number of allylic oxidation sites excluding steroid dienone is 1. The molecule has 0 saturated heterocycles. The molecule has 5 nitrogen and oxygen atoms in total. The van der Waals surface area contributed by atoms with Crippen molar-refractivity contribution in [3.05, 3.63) is 56.0 Å². The van der Waals surface area contributed by atoms with Gasteiger partial charge in [-0.15, -0.1) is 11.3 Å². The Morgan fingerprint density at radius 3 is 2.96 bits per heavy atom. The Kier molecular flexibility index (Phi) is 4.67. The fraction of sp³-hybridized carbons (Fsp3) is 0.316. The van der Waals surface area contributed by atoms with Crippen LogP contribution in [0, 0.1) is 0 Å². The lowest BCUT2D eigenvalue weighted by Gasteiger charge is -2.34. The van der Waals surface area contributed by atoms with E-state index in [4.69, 9.17) is 9.47 Å². The molecular weight excluding hydrogens is 416 g/mol. The zero-order valence-electron chi connectivity index (χ0n) is 14.5. The van der Waals surface area contributed by atoms with Crippen LogP contribution in [0.25, 0.3) is 0 Å². The van der Waals surface area contributed by atoms with Gasteiger partial charge in [-0.25, -0.2) is 4.79 Å². The molecule has 4 rings (SSSR count). The van der Waals surface area contributed by atoms with Crippen molar-refractivity contribution in [3.8, 4) is 5.75 Å². The summed E-state index contributed by atoms with van der Waals surface area (Å²) in [5, 5.41) is 5.45. The van der Waals surface area contributed by atoms with E-state index in [1.54, 1.807) is 18.4 Å². The standard InChI is InChI=1S/C19H19BrN2O3S/c1-3-25-19(23)17-13-7-6-11-9-15(24-2)12(20)10-14(11)22(13)18(21-17)16-5-4-8-26-16/h4-5,8-10,18,21H,3,6-7H2,1-2H3. The molecule has 0 aliphatic carbocycles. The van der Waals surface area contributed by atoms with Crippen molar-refractivity contribution in [3.63, 3.8) is 0 Å². The van der Waals surface area contributed by atoms with Crippen LogP contribution in [0.2, 0.25) is 0 Å². The molecule has 0 saturated carbocycles. The van der Waals surface area contributed by atoms with E-state index >= 15 is 0 Å². The Morgan fingerprint density at radius 2 is 2.27 bits per heavy atom. The molecule has 3 heterocycles. The summed E-state index contributed by atoms with van der Waals surface area (Å²) in [5.41, 5.74) is 3.86. The van der Waals surface area contributed by atoms with Crippen LogP contribution < -0.4 is 15.0 Å². The summed E-state index contributed by atoms with van der Waals surface area (Å²) in [6.45, 7) is 2.19. The summed E-state index contributed by atoms with van der Waals surface area (Å²) < 4.78 is 11.6. The van der Waals surface area contributed by atoms with E-state index in [0.717, 1.165) is 39.3 Å². The highest BCUT2D eigenvalue weighted by Crippen LogP contribution is 2.46. The van der Waals surface area contributed by atoms with Crippen LogP contribution in [0.1, 0.15) is 30.0 Å². The number of nitrogens with zero attached hydrogens (tertiary/aromatic N) is 1. The molecule has 2 aliphatic rings. The third kappa shape index (κ3) is 2.79. The van der Waals surface area contributed by atoms with Gasteiger partial charge in [0.1, 0.15) is 17.6 Å². The Hall–Kier alpha value is -1.99. The van der Waals surface area contributed by atoms with Crippen LogP contribution >= 0.6 is 27.3 Å². The minimum atomic E-state index is -0.289. The smallest absolute Gasteiger partial charge is 0.356 e. The first-order valence-electron chi connectivity index (χ1n) is 8.50. The molecule has 1 unspecified atom stereocenters. The van der Waals surface area contributed by atoms with E-state index < -0.39 is 0 Å². The first-order valence-corrected chi connectivity index (χ1v) is 10.2. The Bertz CT molecular complexity index is 879. The monoisotopic (exact) mass is 434 g/mol. The van der Waals surface area contributed by atoms with E-state index in [1.807, 2.05) is 18.4 Å². The predicted octanol–water partition coefficient (Wildman–Crippen LogP) is 4.35. The Balaban J connectivity index is 1.84. The van der Waals surface area contributed by atoms with Crippen molar-refractivity contribution >= 4 is 38.9 Å². The van der Waals surface area contributed by atoms with Crippen molar-refractivity contribution in [2.45, 2.75) is 25.9 Å². The zero-order chi connectivity index (χ0) is 18.3. The number of rotatable bonds is 4. The second kappa shape index (κ2) is 6.96. The number of aryl methyl sites for hydroxylation is 1. The van der Waals surface area contributed by atoms with Gasteiger partial charge in [0.25, 0.3) is 0 Å². The van der Waals surface area contributed by atoms with Gasteiger partial charge >= 0.3 is 5.97 Å². The summed E-state index contributed by atoms with van der Waals surface area (Å²) in [7, 11) is 1.67. The largest absolute Gasteiger partial charge is 0.496 e. The van der Waals surface area contributed by atoms with Gasteiger partial charge in [-0.05, 0) is 64.8 Å². The molecule has 136 valence electrons. The molecule has 2 aromatic rings. The maximum Gasteiger partial charge on any atom is 0.356 e. The number of fused-ring (bicyclic) bond motifs is 3. The second-order valence-electron chi connectivity index (χ2n) is 6.09. The number of methoxy groups -OCH3 is 1. The molecule has 0 radical (unpaired) electrons. The number of thiophene rings is 1. The molecule has 26 heavy (non-hydrogen) atoms. The van der Waals surface area contributed by atoms with Crippen molar-refractivity contribution in [2.24, 2.45) is 0 Å². The van der Waals surface area contributed by atoms with Crippen LogP contribution in [0.4, 0.5) is 5.69 Å². The van der Waals surface area contributed by atoms with E-state index in [1.165, 1.54) is 5.56 Å². The molecule has 2 aliphatic heterocycles. The molecule has 0 spiro atoms. The number of nitrogens with one attached hydrogen (secondary N) is 1. The Morgan fingerprint density at radius 1 is 1.42 bits per heavy atom. The quantitative estimate of drug-likeness (QED) is 0.724. The van der Waals surface area contributed by atoms with Gasteiger partial charge in [-0.3, -0.25) is 0 Å². The van der Waals surface area contributed by atoms with E-state index in [0.29, 0.717) is 12.3 Å². The maximum absolute atomic E-state index is 12.5. The van der Waals surface area contributed by atoms with Gasteiger partial charge in [-0.2, -0.15) is 0 Å². The molecule has 0 fully saturated rings. The molecule has 1 atom stereocenters. The fourth-order valence-corrected chi connectivity index (χ4v) is 4.79. The molecule has 7 heteroatoms. The van der Waals surface area contributed by atoms with Gasteiger partial charge in [0.05, 0.1) is 23.9 Å². The van der Waals surface area contributed by atoms with Crippen LogP contribution in [-0.2, 0) is 16.0 Å². The highest BCUT2D eigenvalue weighted by Gasteiger charge is 2.40. The topological polar surface area (TPSA) is 50.8 Å².